The van der Waals surface area contributed by atoms with E-state index >= 15 is 0 Å². The monoisotopic (exact) mass is 310 g/mol. The van der Waals surface area contributed by atoms with Gasteiger partial charge in [0, 0.05) is 5.57 Å². The van der Waals surface area contributed by atoms with Crippen LogP contribution in [-0.2, 0) is 14.3 Å². The normalized spacial score (nSPS) is 33.5. The highest BCUT2D eigenvalue weighted by molar-refractivity contribution is 5.87. The molecule has 0 aliphatic heterocycles. The maximum absolute atomic E-state index is 11.9. The van der Waals surface area contributed by atoms with Crippen molar-refractivity contribution in [1.29, 1.82) is 0 Å². The topological polar surface area (TPSA) is 55.8 Å². The van der Waals surface area contributed by atoms with Crippen molar-refractivity contribution in [2.75, 3.05) is 0 Å². The number of carbonyl (C=O) groups is 1. The second-order valence-corrected chi connectivity index (χ2v) is 6.78. The highest BCUT2D eigenvalue weighted by Gasteiger charge is 2.32. The Morgan fingerprint density at radius 3 is 2.09 bits per heavy atom. The number of carbonyl (C=O) groups excluding carboxylic acids is 1. The molecule has 4 heteroatoms. The van der Waals surface area contributed by atoms with E-state index in [1.54, 1.807) is 6.92 Å². The molecule has 0 saturated heterocycles. The molecule has 2 saturated carbocycles. The fourth-order valence-corrected chi connectivity index (χ4v) is 3.41. The first-order valence-corrected chi connectivity index (χ1v) is 8.78. The molecule has 0 aromatic carbocycles. The summed E-state index contributed by atoms with van der Waals surface area (Å²) in [5, 5.41) is 10.3. The van der Waals surface area contributed by atoms with E-state index in [0.717, 1.165) is 64.2 Å². The Labute approximate surface area is 133 Å². The molecule has 4 unspecified atom stereocenters. The Hall–Kier alpha value is -0.870. The molecule has 2 aliphatic rings. The number of hydrogen-bond acceptors (Lipinski definition) is 4. The molecule has 0 heterocycles. The van der Waals surface area contributed by atoms with E-state index in [2.05, 4.69) is 6.58 Å². The molecule has 2 fully saturated rings. The summed E-state index contributed by atoms with van der Waals surface area (Å²) in [6, 6.07) is 0. The van der Waals surface area contributed by atoms with Gasteiger partial charge in [-0.2, -0.15) is 0 Å². The number of aliphatic hydroxyl groups is 1. The van der Waals surface area contributed by atoms with Crippen molar-refractivity contribution < 1.29 is 19.4 Å². The molecule has 22 heavy (non-hydrogen) atoms. The van der Waals surface area contributed by atoms with Crippen LogP contribution in [0.25, 0.3) is 0 Å². The van der Waals surface area contributed by atoms with Gasteiger partial charge < -0.3 is 14.6 Å². The van der Waals surface area contributed by atoms with Crippen molar-refractivity contribution >= 4 is 5.97 Å². The fraction of sp³-hybridized carbons (Fsp3) is 0.833. The second kappa shape index (κ2) is 8.68. The van der Waals surface area contributed by atoms with Gasteiger partial charge in [0.2, 0.25) is 0 Å². The number of ether oxygens (including phenoxy) is 2. The van der Waals surface area contributed by atoms with Crippen LogP contribution in [0.1, 0.15) is 71.1 Å². The van der Waals surface area contributed by atoms with Gasteiger partial charge in [0.1, 0.15) is 6.10 Å². The van der Waals surface area contributed by atoms with E-state index < -0.39 is 0 Å². The van der Waals surface area contributed by atoms with Crippen LogP contribution in [-0.4, -0.2) is 35.5 Å². The van der Waals surface area contributed by atoms with Crippen molar-refractivity contribution in [3.8, 4) is 0 Å². The summed E-state index contributed by atoms with van der Waals surface area (Å²) in [5.74, 6) is -0.332. The summed E-state index contributed by atoms with van der Waals surface area (Å²) in [4.78, 5) is 11.9. The van der Waals surface area contributed by atoms with E-state index in [1.165, 1.54) is 0 Å². The Kier molecular flexibility index (Phi) is 6.90. The summed E-state index contributed by atoms with van der Waals surface area (Å²) in [6.45, 7) is 5.32. The molecule has 0 bridgehead atoms. The quantitative estimate of drug-likeness (QED) is 0.490. The molecule has 4 nitrogen and oxygen atoms in total. The Morgan fingerprint density at radius 1 is 0.909 bits per heavy atom. The van der Waals surface area contributed by atoms with Gasteiger partial charge in [-0.05, 0) is 39.0 Å². The molecule has 0 amide bonds. The molecule has 2 aliphatic carbocycles. The molecule has 0 spiro atoms. The standard InChI is InChI=1S/C18H30O4/c1-13(2)18(20)22-17-12-8-4-7-11-16(17)21-15-10-6-3-5-9-14(15)19/h14-17,19H,1,3-12H2,2H3. The van der Waals surface area contributed by atoms with E-state index in [1.807, 2.05) is 0 Å². The SMILES string of the molecule is C=C(C)C(=O)OC1CCCCCC1OC1CCCCCC1O. The zero-order valence-electron chi connectivity index (χ0n) is 13.8. The molecular weight excluding hydrogens is 280 g/mol. The van der Waals surface area contributed by atoms with Crippen molar-refractivity contribution in [3.05, 3.63) is 12.2 Å². The van der Waals surface area contributed by atoms with Crippen LogP contribution in [0.15, 0.2) is 12.2 Å². The average molecular weight is 310 g/mol. The third-order valence-corrected chi connectivity index (χ3v) is 4.77. The predicted molar refractivity (Wildman–Crippen MR) is 85.5 cm³/mol. The van der Waals surface area contributed by atoms with E-state index in [4.69, 9.17) is 9.47 Å². The lowest BCUT2D eigenvalue weighted by Crippen LogP contribution is -2.39. The Balaban J connectivity index is 1.99. The molecular formula is C18H30O4. The third-order valence-electron chi connectivity index (χ3n) is 4.77. The zero-order chi connectivity index (χ0) is 15.9. The zero-order valence-corrected chi connectivity index (χ0v) is 13.8. The first-order valence-electron chi connectivity index (χ1n) is 8.78. The maximum atomic E-state index is 11.9. The van der Waals surface area contributed by atoms with Gasteiger partial charge in [-0.15, -0.1) is 0 Å². The lowest BCUT2D eigenvalue weighted by atomic mass is 10.1. The predicted octanol–water partition coefficient (Wildman–Crippen LogP) is 3.52. The van der Waals surface area contributed by atoms with Gasteiger partial charge in [-0.1, -0.05) is 38.7 Å². The third kappa shape index (κ3) is 5.10. The number of rotatable bonds is 4. The number of esters is 1. The molecule has 0 aromatic rings. The van der Waals surface area contributed by atoms with Gasteiger partial charge in [0.25, 0.3) is 0 Å². The highest BCUT2D eigenvalue weighted by Crippen LogP contribution is 2.28. The lowest BCUT2D eigenvalue weighted by Gasteiger charge is -2.31. The highest BCUT2D eigenvalue weighted by atomic mass is 16.6. The van der Waals surface area contributed by atoms with Gasteiger partial charge in [-0.25, -0.2) is 4.79 Å². The van der Waals surface area contributed by atoms with Gasteiger partial charge in [-0.3, -0.25) is 0 Å². The second-order valence-electron chi connectivity index (χ2n) is 6.78. The summed E-state index contributed by atoms with van der Waals surface area (Å²) >= 11 is 0. The van der Waals surface area contributed by atoms with Crippen LogP contribution in [0, 0.1) is 0 Å². The molecule has 0 radical (unpaired) electrons. The molecule has 0 aromatic heterocycles. The maximum Gasteiger partial charge on any atom is 0.333 e. The fourth-order valence-electron chi connectivity index (χ4n) is 3.41. The van der Waals surface area contributed by atoms with Gasteiger partial charge >= 0.3 is 5.97 Å². The van der Waals surface area contributed by atoms with Crippen LogP contribution in [0.3, 0.4) is 0 Å². The molecule has 126 valence electrons. The van der Waals surface area contributed by atoms with Crippen LogP contribution >= 0.6 is 0 Å². The summed E-state index contributed by atoms with van der Waals surface area (Å²) in [7, 11) is 0. The van der Waals surface area contributed by atoms with E-state index in [0.29, 0.717) is 5.57 Å². The molecule has 4 atom stereocenters. The van der Waals surface area contributed by atoms with E-state index in [9.17, 15) is 9.90 Å². The van der Waals surface area contributed by atoms with Crippen molar-refractivity contribution in [3.63, 3.8) is 0 Å². The Bertz CT molecular complexity index is 379. The van der Waals surface area contributed by atoms with Crippen molar-refractivity contribution in [2.45, 2.75) is 95.5 Å². The minimum Gasteiger partial charge on any atom is -0.456 e. The number of hydrogen-bond donors (Lipinski definition) is 1. The summed E-state index contributed by atoms with van der Waals surface area (Å²) < 4.78 is 11.8. The van der Waals surface area contributed by atoms with Gasteiger partial charge in [0.05, 0.1) is 18.3 Å². The lowest BCUT2D eigenvalue weighted by molar-refractivity contribution is -0.163. The van der Waals surface area contributed by atoms with Crippen LogP contribution in [0.5, 0.6) is 0 Å². The first kappa shape index (κ1) is 17.5. The number of aliphatic hydroxyl groups excluding tert-OH is 1. The average Bonchev–Trinajstić information content (AvgIpc) is 2.81. The van der Waals surface area contributed by atoms with E-state index in [-0.39, 0.29) is 30.4 Å². The Morgan fingerprint density at radius 2 is 1.45 bits per heavy atom. The van der Waals surface area contributed by atoms with Crippen LogP contribution in [0.2, 0.25) is 0 Å². The minimum atomic E-state index is -0.386. The van der Waals surface area contributed by atoms with Crippen molar-refractivity contribution in [1.82, 2.24) is 0 Å². The largest absolute Gasteiger partial charge is 0.456 e. The summed E-state index contributed by atoms with van der Waals surface area (Å²) in [5.41, 5.74) is 0.428. The molecule has 1 N–H and O–H groups in total. The minimum absolute atomic E-state index is 0.0939. The van der Waals surface area contributed by atoms with Gasteiger partial charge in [0.15, 0.2) is 0 Å². The van der Waals surface area contributed by atoms with Crippen LogP contribution < -0.4 is 0 Å². The first-order chi connectivity index (χ1) is 10.6. The smallest absolute Gasteiger partial charge is 0.333 e. The molecule has 2 rings (SSSR count). The van der Waals surface area contributed by atoms with Crippen molar-refractivity contribution in [2.24, 2.45) is 0 Å². The van der Waals surface area contributed by atoms with Crippen LogP contribution in [0.4, 0.5) is 0 Å². The summed E-state index contributed by atoms with van der Waals surface area (Å²) in [6.07, 6.45) is 9.28.